The van der Waals surface area contributed by atoms with Gasteiger partial charge in [-0.25, -0.2) is 4.39 Å². The lowest BCUT2D eigenvalue weighted by Gasteiger charge is -2.00. The first-order chi connectivity index (χ1) is 6.81. The molecule has 1 aromatic heterocycles. The van der Waals surface area contributed by atoms with Crippen LogP contribution in [0.2, 0.25) is 0 Å². The van der Waals surface area contributed by atoms with Crippen LogP contribution in [0.5, 0.6) is 0 Å². The fraction of sp³-hybridized carbons (Fsp3) is 0.0909. The lowest BCUT2D eigenvalue weighted by Crippen LogP contribution is -1.95. The molecule has 0 aliphatic heterocycles. The molecule has 0 aliphatic rings. The summed E-state index contributed by atoms with van der Waals surface area (Å²) in [5.74, 6) is 0.419. The van der Waals surface area contributed by atoms with E-state index >= 15 is 0 Å². The Morgan fingerprint density at radius 2 is 2.14 bits per heavy atom. The molecule has 0 bridgehead atoms. The van der Waals surface area contributed by atoms with Crippen molar-refractivity contribution in [3.8, 4) is 11.1 Å². The number of nitrogens with two attached hydrogens (primary N) is 1. The summed E-state index contributed by atoms with van der Waals surface area (Å²) in [7, 11) is 0. The average molecular weight is 191 g/mol. The van der Waals surface area contributed by atoms with Crippen LogP contribution in [0, 0.1) is 5.82 Å². The molecule has 0 amide bonds. The van der Waals surface area contributed by atoms with Crippen LogP contribution >= 0.6 is 0 Å². The minimum Gasteiger partial charge on any atom is -0.467 e. The molecular formula is C11H10FNO. The normalized spacial score (nSPS) is 10.4. The summed E-state index contributed by atoms with van der Waals surface area (Å²) >= 11 is 0. The van der Waals surface area contributed by atoms with Gasteiger partial charge in [-0.05, 0) is 23.8 Å². The van der Waals surface area contributed by atoms with Crippen LogP contribution < -0.4 is 5.73 Å². The number of halogens is 1. The van der Waals surface area contributed by atoms with Crippen molar-refractivity contribution >= 4 is 0 Å². The fourth-order valence-corrected chi connectivity index (χ4v) is 1.41. The van der Waals surface area contributed by atoms with Gasteiger partial charge in [-0.1, -0.05) is 12.1 Å². The van der Waals surface area contributed by atoms with E-state index in [4.69, 9.17) is 10.2 Å². The van der Waals surface area contributed by atoms with Crippen LogP contribution in [-0.2, 0) is 6.54 Å². The van der Waals surface area contributed by atoms with E-state index in [0.717, 1.165) is 11.1 Å². The second kappa shape index (κ2) is 3.64. The van der Waals surface area contributed by atoms with Crippen molar-refractivity contribution in [2.75, 3.05) is 0 Å². The van der Waals surface area contributed by atoms with Gasteiger partial charge in [0.15, 0.2) is 0 Å². The average Bonchev–Trinajstić information content (AvgIpc) is 2.65. The van der Waals surface area contributed by atoms with Gasteiger partial charge in [0.25, 0.3) is 0 Å². The molecular weight excluding hydrogens is 181 g/mol. The SMILES string of the molecule is NCc1occc1-c1cccc(F)c1. The minimum atomic E-state index is -0.258. The van der Waals surface area contributed by atoms with E-state index < -0.39 is 0 Å². The summed E-state index contributed by atoms with van der Waals surface area (Å²) in [5, 5.41) is 0. The number of furan rings is 1. The highest BCUT2D eigenvalue weighted by Crippen LogP contribution is 2.24. The van der Waals surface area contributed by atoms with E-state index in [1.807, 2.05) is 6.07 Å². The Hall–Kier alpha value is -1.61. The molecule has 72 valence electrons. The van der Waals surface area contributed by atoms with Gasteiger partial charge in [0, 0.05) is 5.56 Å². The topological polar surface area (TPSA) is 39.2 Å². The second-order valence-corrected chi connectivity index (χ2v) is 2.97. The quantitative estimate of drug-likeness (QED) is 0.792. The van der Waals surface area contributed by atoms with Crippen molar-refractivity contribution < 1.29 is 8.81 Å². The second-order valence-electron chi connectivity index (χ2n) is 2.97. The minimum absolute atomic E-state index is 0.258. The van der Waals surface area contributed by atoms with E-state index in [1.54, 1.807) is 18.4 Å². The molecule has 2 N–H and O–H groups in total. The Kier molecular flexibility index (Phi) is 2.33. The third-order valence-electron chi connectivity index (χ3n) is 2.07. The highest BCUT2D eigenvalue weighted by atomic mass is 19.1. The maximum Gasteiger partial charge on any atom is 0.125 e. The molecule has 0 unspecified atom stereocenters. The summed E-state index contributed by atoms with van der Waals surface area (Å²) in [6.07, 6.45) is 1.56. The molecule has 3 heteroatoms. The first-order valence-electron chi connectivity index (χ1n) is 4.33. The van der Waals surface area contributed by atoms with Crippen molar-refractivity contribution in [3.63, 3.8) is 0 Å². The lowest BCUT2D eigenvalue weighted by atomic mass is 10.1. The van der Waals surface area contributed by atoms with Crippen LogP contribution in [0.15, 0.2) is 41.0 Å². The molecule has 1 heterocycles. The van der Waals surface area contributed by atoms with Gasteiger partial charge in [-0.3, -0.25) is 0 Å². The van der Waals surface area contributed by atoms with E-state index in [9.17, 15) is 4.39 Å². The van der Waals surface area contributed by atoms with Crippen LogP contribution in [0.1, 0.15) is 5.76 Å². The number of hydrogen-bond acceptors (Lipinski definition) is 2. The van der Waals surface area contributed by atoms with Gasteiger partial charge in [0.05, 0.1) is 12.8 Å². The Labute approximate surface area is 81.2 Å². The summed E-state index contributed by atoms with van der Waals surface area (Å²) in [6, 6.07) is 8.15. The zero-order chi connectivity index (χ0) is 9.97. The maximum atomic E-state index is 12.9. The zero-order valence-corrected chi connectivity index (χ0v) is 7.53. The lowest BCUT2D eigenvalue weighted by molar-refractivity contribution is 0.513. The number of hydrogen-bond donors (Lipinski definition) is 1. The Morgan fingerprint density at radius 1 is 1.29 bits per heavy atom. The van der Waals surface area contributed by atoms with Gasteiger partial charge in [0.1, 0.15) is 11.6 Å². The predicted octanol–water partition coefficient (Wildman–Crippen LogP) is 2.54. The smallest absolute Gasteiger partial charge is 0.125 e. The molecule has 2 nitrogen and oxygen atoms in total. The van der Waals surface area contributed by atoms with Crippen molar-refractivity contribution in [1.82, 2.24) is 0 Å². The molecule has 0 aliphatic carbocycles. The van der Waals surface area contributed by atoms with Gasteiger partial charge in [0.2, 0.25) is 0 Å². The highest BCUT2D eigenvalue weighted by Gasteiger charge is 2.07. The molecule has 2 aromatic rings. The summed E-state index contributed by atoms with van der Waals surface area (Å²) < 4.78 is 18.1. The molecule has 2 rings (SSSR count). The summed E-state index contributed by atoms with van der Waals surface area (Å²) in [4.78, 5) is 0. The Balaban J connectivity index is 2.49. The fourth-order valence-electron chi connectivity index (χ4n) is 1.41. The van der Waals surface area contributed by atoms with Gasteiger partial charge in [-0.15, -0.1) is 0 Å². The number of rotatable bonds is 2. The molecule has 1 aromatic carbocycles. The first kappa shape index (κ1) is 8.97. The van der Waals surface area contributed by atoms with Gasteiger partial charge in [-0.2, -0.15) is 0 Å². The summed E-state index contributed by atoms with van der Waals surface area (Å²) in [6.45, 7) is 0.318. The highest BCUT2D eigenvalue weighted by molar-refractivity contribution is 5.65. The Morgan fingerprint density at radius 3 is 2.86 bits per heavy atom. The molecule has 0 atom stereocenters. The van der Waals surface area contributed by atoms with Crippen molar-refractivity contribution in [2.45, 2.75) is 6.54 Å². The van der Waals surface area contributed by atoms with Crippen LogP contribution in [0.25, 0.3) is 11.1 Å². The molecule has 14 heavy (non-hydrogen) atoms. The largest absolute Gasteiger partial charge is 0.467 e. The van der Waals surface area contributed by atoms with E-state index in [-0.39, 0.29) is 5.82 Å². The zero-order valence-electron chi connectivity index (χ0n) is 7.53. The van der Waals surface area contributed by atoms with Gasteiger partial charge >= 0.3 is 0 Å². The van der Waals surface area contributed by atoms with E-state index in [2.05, 4.69) is 0 Å². The van der Waals surface area contributed by atoms with Crippen LogP contribution in [0.4, 0.5) is 4.39 Å². The Bertz CT molecular complexity index is 436. The third kappa shape index (κ3) is 1.54. The summed E-state index contributed by atoms with van der Waals surface area (Å²) in [5.41, 5.74) is 7.13. The third-order valence-corrected chi connectivity index (χ3v) is 2.07. The van der Waals surface area contributed by atoms with Crippen LogP contribution in [-0.4, -0.2) is 0 Å². The van der Waals surface area contributed by atoms with Crippen molar-refractivity contribution in [1.29, 1.82) is 0 Å². The monoisotopic (exact) mass is 191 g/mol. The van der Waals surface area contributed by atoms with Gasteiger partial charge < -0.3 is 10.2 Å². The van der Waals surface area contributed by atoms with Crippen molar-refractivity contribution in [2.24, 2.45) is 5.73 Å². The molecule has 0 spiro atoms. The predicted molar refractivity (Wildman–Crippen MR) is 52.0 cm³/mol. The standard InChI is InChI=1S/C11H10FNO/c12-9-3-1-2-8(6-9)10-4-5-14-11(10)7-13/h1-6H,7,13H2. The number of benzene rings is 1. The molecule has 0 saturated carbocycles. The van der Waals surface area contributed by atoms with E-state index in [1.165, 1.54) is 12.1 Å². The maximum absolute atomic E-state index is 12.9. The molecule has 0 fully saturated rings. The molecule has 0 radical (unpaired) electrons. The van der Waals surface area contributed by atoms with E-state index in [0.29, 0.717) is 12.3 Å². The molecule has 0 saturated heterocycles. The first-order valence-corrected chi connectivity index (χ1v) is 4.33. The van der Waals surface area contributed by atoms with Crippen molar-refractivity contribution in [3.05, 3.63) is 48.2 Å². The van der Waals surface area contributed by atoms with Crippen LogP contribution in [0.3, 0.4) is 0 Å².